The molecule has 0 radical (unpaired) electrons. The topological polar surface area (TPSA) is 49.9 Å². The van der Waals surface area contributed by atoms with Gasteiger partial charge in [-0.25, -0.2) is 0 Å². The summed E-state index contributed by atoms with van der Waals surface area (Å²) in [6, 6.07) is 7.30. The second kappa shape index (κ2) is 8.19. The van der Waals surface area contributed by atoms with E-state index in [-0.39, 0.29) is 11.8 Å². The molecule has 2 rings (SSSR count). The van der Waals surface area contributed by atoms with Gasteiger partial charge in [0.15, 0.2) is 0 Å². The van der Waals surface area contributed by atoms with Gasteiger partial charge in [0.1, 0.15) is 0 Å². The molecule has 0 N–H and O–H groups in total. The molecule has 0 aliphatic carbocycles. The Hall–Kier alpha value is -1.53. The van der Waals surface area contributed by atoms with Crippen molar-refractivity contribution in [3.8, 4) is 0 Å². The van der Waals surface area contributed by atoms with Crippen LogP contribution in [0.4, 0.5) is 0 Å². The largest absolute Gasteiger partial charge is 0.384 e. The molecule has 1 aromatic rings. The summed E-state index contributed by atoms with van der Waals surface area (Å²) in [5, 5.41) is 0. The average Bonchev–Trinajstić information content (AvgIpc) is 2.78. The highest BCUT2D eigenvalue weighted by Crippen LogP contribution is 2.16. The highest BCUT2D eigenvalue weighted by Gasteiger charge is 2.23. The second-order valence-electron chi connectivity index (χ2n) is 5.29. The summed E-state index contributed by atoms with van der Waals surface area (Å²) in [4.78, 5) is 28.9. The van der Waals surface area contributed by atoms with Gasteiger partial charge in [0.2, 0.25) is 5.91 Å². The summed E-state index contributed by atoms with van der Waals surface area (Å²) < 4.78 is 4.94. The van der Waals surface area contributed by atoms with Crippen molar-refractivity contribution in [3.63, 3.8) is 0 Å². The van der Waals surface area contributed by atoms with Crippen LogP contribution in [0.2, 0.25) is 0 Å². The first-order chi connectivity index (χ1) is 10.6. The van der Waals surface area contributed by atoms with Crippen LogP contribution in [0.3, 0.4) is 0 Å². The second-order valence-corrected chi connectivity index (χ2v) is 5.77. The molecule has 6 heteroatoms. The van der Waals surface area contributed by atoms with Crippen LogP contribution in [-0.4, -0.2) is 61.5 Å². The van der Waals surface area contributed by atoms with Gasteiger partial charge in [-0.3, -0.25) is 9.59 Å². The lowest BCUT2D eigenvalue weighted by Gasteiger charge is -2.22. The van der Waals surface area contributed by atoms with Gasteiger partial charge in [-0.1, -0.05) is 12.1 Å². The fourth-order valence-electron chi connectivity index (χ4n) is 2.54. The first-order valence-electron chi connectivity index (χ1n) is 7.47. The molecule has 1 aliphatic rings. The van der Waals surface area contributed by atoms with Crippen LogP contribution >= 0.6 is 12.6 Å². The van der Waals surface area contributed by atoms with Crippen LogP contribution in [-0.2, 0) is 9.53 Å². The fourth-order valence-corrected chi connectivity index (χ4v) is 2.80. The molecule has 0 aromatic heterocycles. The number of benzene rings is 1. The van der Waals surface area contributed by atoms with Crippen LogP contribution in [0.25, 0.3) is 0 Å². The molecule has 0 bridgehead atoms. The molecule has 1 aromatic carbocycles. The van der Waals surface area contributed by atoms with Crippen molar-refractivity contribution in [2.75, 3.05) is 39.9 Å². The Morgan fingerprint density at radius 1 is 1.14 bits per heavy atom. The van der Waals surface area contributed by atoms with Crippen molar-refractivity contribution in [1.82, 2.24) is 9.80 Å². The Balaban J connectivity index is 1.97. The summed E-state index contributed by atoms with van der Waals surface area (Å²) in [5.74, 6) is 0.0718. The monoisotopic (exact) mass is 322 g/mol. The van der Waals surface area contributed by atoms with Crippen molar-refractivity contribution in [2.45, 2.75) is 17.7 Å². The van der Waals surface area contributed by atoms with Gasteiger partial charge >= 0.3 is 0 Å². The predicted molar refractivity (Wildman–Crippen MR) is 87.3 cm³/mol. The summed E-state index contributed by atoms with van der Waals surface area (Å²) in [5.41, 5.74) is 0.616. The molecule has 22 heavy (non-hydrogen) atoms. The van der Waals surface area contributed by atoms with Gasteiger partial charge in [0.25, 0.3) is 5.91 Å². The predicted octanol–water partition coefficient (Wildman–Crippen LogP) is 1.69. The molecule has 0 saturated carbocycles. The Bertz CT molecular complexity index is 536. The van der Waals surface area contributed by atoms with E-state index in [1.165, 1.54) is 0 Å². The van der Waals surface area contributed by atoms with Crippen LogP contribution in [0.5, 0.6) is 0 Å². The maximum Gasteiger partial charge on any atom is 0.255 e. The third-order valence-corrected chi connectivity index (χ3v) is 4.18. The number of ether oxygens (including phenoxy) is 1. The van der Waals surface area contributed by atoms with E-state index in [4.69, 9.17) is 4.74 Å². The number of thiol groups is 1. The Labute approximate surface area is 136 Å². The zero-order valence-electron chi connectivity index (χ0n) is 12.8. The van der Waals surface area contributed by atoms with Gasteiger partial charge in [0, 0.05) is 38.2 Å². The summed E-state index contributed by atoms with van der Waals surface area (Å²) in [6.07, 6.45) is 1.18. The summed E-state index contributed by atoms with van der Waals surface area (Å²) in [7, 11) is 1.59. The molecule has 1 aliphatic heterocycles. The standard InChI is InChI=1S/C16H22N2O3S/c1-21-12-7-15(19)17-8-4-9-18(11-10-17)16(20)13-5-2-3-6-14(13)22/h2-3,5-6,22H,4,7-12H2,1H3. The van der Waals surface area contributed by atoms with E-state index in [2.05, 4.69) is 12.6 Å². The zero-order chi connectivity index (χ0) is 15.9. The highest BCUT2D eigenvalue weighted by molar-refractivity contribution is 7.80. The lowest BCUT2D eigenvalue weighted by molar-refractivity contribution is -0.132. The number of carbonyl (C=O) groups excluding carboxylic acids is 2. The first-order valence-corrected chi connectivity index (χ1v) is 7.92. The third kappa shape index (κ3) is 4.24. The molecule has 5 nitrogen and oxygen atoms in total. The average molecular weight is 322 g/mol. The van der Waals surface area contributed by atoms with Crippen LogP contribution in [0.15, 0.2) is 29.2 Å². The van der Waals surface area contributed by atoms with Crippen molar-refractivity contribution in [1.29, 1.82) is 0 Å². The summed E-state index contributed by atoms with van der Waals surface area (Å²) in [6.45, 7) is 2.91. The van der Waals surface area contributed by atoms with Gasteiger partial charge in [-0.15, -0.1) is 12.6 Å². The van der Waals surface area contributed by atoms with E-state index in [0.717, 1.165) is 6.42 Å². The van der Waals surface area contributed by atoms with Crippen LogP contribution in [0, 0.1) is 0 Å². The molecular formula is C16H22N2O3S. The first kappa shape index (κ1) is 16.8. The molecule has 2 amide bonds. The number of amides is 2. The lowest BCUT2D eigenvalue weighted by Crippen LogP contribution is -2.37. The van der Waals surface area contributed by atoms with Gasteiger partial charge < -0.3 is 14.5 Å². The van der Waals surface area contributed by atoms with Gasteiger partial charge in [0.05, 0.1) is 18.6 Å². The number of hydrogen-bond donors (Lipinski definition) is 1. The fraction of sp³-hybridized carbons (Fsp3) is 0.500. The van der Waals surface area contributed by atoms with E-state index in [1.54, 1.807) is 18.1 Å². The van der Waals surface area contributed by atoms with E-state index < -0.39 is 0 Å². The molecule has 1 fully saturated rings. The van der Waals surface area contributed by atoms with E-state index >= 15 is 0 Å². The maximum absolute atomic E-state index is 12.6. The number of nitrogens with zero attached hydrogens (tertiary/aromatic N) is 2. The van der Waals surface area contributed by atoms with E-state index in [9.17, 15) is 9.59 Å². The van der Waals surface area contributed by atoms with Crippen LogP contribution < -0.4 is 0 Å². The SMILES string of the molecule is COCCC(=O)N1CCCN(C(=O)c2ccccc2S)CC1. The molecule has 0 unspecified atom stereocenters. The number of carbonyl (C=O) groups is 2. The minimum Gasteiger partial charge on any atom is -0.384 e. The maximum atomic E-state index is 12.6. The van der Waals surface area contributed by atoms with Crippen LogP contribution in [0.1, 0.15) is 23.2 Å². The third-order valence-electron chi connectivity index (χ3n) is 3.79. The normalized spacial score (nSPS) is 15.5. The Morgan fingerprint density at radius 2 is 1.82 bits per heavy atom. The van der Waals surface area contributed by atoms with Crippen molar-refractivity contribution >= 4 is 24.4 Å². The van der Waals surface area contributed by atoms with Crippen molar-refractivity contribution in [3.05, 3.63) is 29.8 Å². The molecule has 0 spiro atoms. The molecule has 1 saturated heterocycles. The van der Waals surface area contributed by atoms with Crippen molar-refractivity contribution in [2.24, 2.45) is 0 Å². The smallest absolute Gasteiger partial charge is 0.255 e. The number of methoxy groups -OCH3 is 1. The van der Waals surface area contributed by atoms with Gasteiger partial charge in [-0.2, -0.15) is 0 Å². The van der Waals surface area contributed by atoms with E-state index in [1.807, 2.05) is 23.1 Å². The molecule has 120 valence electrons. The zero-order valence-corrected chi connectivity index (χ0v) is 13.7. The number of rotatable bonds is 4. The van der Waals surface area contributed by atoms with Gasteiger partial charge in [-0.05, 0) is 18.6 Å². The lowest BCUT2D eigenvalue weighted by atomic mass is 10.2. The quantitative estimate of drug-likeness (QED) is 0.858. The minimum atomic E-state index is -0.0169. The van der Waals surface area contributed by atoms with E-state index in [0.29, 0.717) is 49.7 Å². The molecule has 0 atom stereocenters. The minimum absolute atomic E-state index is 0.0169. The molecular weight excluding hydrogens is 300 g/mol. The highest BCUT2D eigenvalue weighted by atomic mass is 32.1. The molecule has 1 heterocycles. The van der Waals surface area contributed by atoms with Crippen molar-refractivity contribution < 1.29 is 14.3 Å². The summed E-state index contributed by atoms with van der Waals surface area (Å²) >= 11 is 4.35. The Morgan fingerprint density at radius 3 is 2.55 bits per heavy atom. The number of hydrogen-bond acceptors (Lipinski definition) is 4. The Kier molecular flexibility index (Phi) is 6.27.